The number of aromatic nitrogens is 2. The van der Waals surface area contributed by atoms with Crippen molar-refractivity contribution in [2.45, 2.75) is 53.6 Å². The maximum Gasteiger partial charge on any atom is 0.251 e. The van der Waals surface area contributed by atoms with E-state index in [-0.39, 0.29) is 36.8 Å². The SMILES string of the molecule is CC.CC.Cc1cc(C(=O)N[C@H](CO)c2cccc(Cl)c2)ccc1-c1nc(N[C@@H](C)CO)ncc1F. The highest BCUT2D eigenvalue weighted by Crippen LogP contribution is 2.26. The van der Waals surface area contributed by atoms with E-state index in [0.29, 0.717) is 27.3 Å². The topological polar surface area (TPSA) is 107 Å². The molecule has 3 rings (SSSR count). The van der Waals surface area contributed by atoms with Crippen LogP contribution in [0.1, 0.15) is 62.1 Å². The van der Waals surface area contributed by atoms with Crippen LogP contribution >= 0.6 is 11.6 Å². The van der Waals surface area contributed by atoms with Crippen molar-refractivity contribution in [2.75, 3.05) is 18.5 Å². The lowest BCUT2D eigenvalue weighted by atomic mass is 10.0. The molecule has 36 heavy (non-hydrogen) atoms. The molecule has 0 radical (unpaired) electrons. The summed E-state index contributed by atoms with van der Waals surface area (Å²) in [5.74, 6) is -0.800. The van der Waals surface area contributed by atoms with Gasteiger partial charge in [0.25, 0.3) is 5.91 Å². The van der Waals surface area contributed by atoms with E-state index in [1.165, 1.54) is 0 Å². The first-order chi connectivity index (χ1) is 17.3. The number of aliphatic hydroxyl groups is 2. The second-order valence-electron chi connectivity index (χ2n) is 7.41. The van der Waals surface area contributed by atoms with E-state index in [1.807, 2.05) is 27.7 Å². The van der Waals surface area contributed by atoms with Gasteiger partial charge in [-0.1, -0.05) is 57.5 Å². The minimum Gasteiger partial charge on any atom is -0.394 e. The predicted molar refractivity (Wildman–Crippen MR) is 144 cm³/mol. The van der Waals surface area contributed by atoms with Gasteiger partial charge in [-0.05, 0) is 49.2 Å². The van der Waals surface area contributed by atoms with Gasteiger partial charge >= 0.3 is 0 Å². The van der Waals surface area contributed by atoms with Crippen molar-refractivity contribution in [2.24, 2.45) is 0 Å². The van der Waals surface area contributed by atoms with Crippen molar-refractivity contribution in [3.05, 3.63) is 76.2 Å². The Labute approximate surface area is 217 Å². The second-order valence-corrected chi connectivity index (χ2v) is 7.85. The Morgan fingerprint density at radius 3 is 2.36 bits per heavy atom. The van der Waals surface area contributed by atoms with E-state index in [9.17, 15) is 19.4 Å². The molecule has 3 aromatic rings. The Morgan fingerprint density at radius 1 is 1.08 bits per heavy atom. The number of nitrogens with zero attached hydrogens (tertiary/aromatic N) is 2. The van der Waals surface area contributed by atoms with E-state index in [4.69, 9.17) is 11.6 Å². The van der Waals surface area contributed by atoms with E-state index >= 15 is 0 Å². The largest absolute Gasteiger partial charge is 0.394 e. The molecule has 0 unspecified atom stereocenters. The molecule has 1 heterocycles. The first kappa shape index (κ1) is 31.0. The van der Waals surface area contributed by atoms with Crippen LogP contribution in [-0.4, -0.2) is 45.3 Å². The number of anilines is 1. The lowest BCUT2D eigenvalue weighted by Crippen LogP contribution is -2.30. The Kier molecular flexibility index (Phi) is 13.6. The fourth-order valence-corrected chi connectivity index (χ4v) is 3.36. The first-order valence-electron chi connectivity index (χ1n) is 12.0. The number of hydrogen-bond acceptors (Lipinski definition) is 6. The maximum atomic E-state index is 14.4. The van der Waals surface area contributed by atoms with Crippen molar-refractivity contribution >= 4 is 23.5 Å². The maximum absolute atomic E-state index is 14.4. The average molecular weight is 519 g/mol. The smallest absolute Gasteiger partial charge is 0.251 e. The number of hydrogen-bond donors (Lipinski definition) is 4. The molecule has 0 aliphatic heterocycles. The van der Waals surface area contributed by atoms with Crippen LogP contribution in [0, 0.1) is 12.7 Å². The Hall–Kier alpha value is -3.07. The van der Waals surface area contributed by atoms with Gasteiger partial charge in [0.1, 0.15) is 5.69 Å². The zero-order valence-corrected chi connectivity index (χ0v) is 22.4. The highest BCUT2D eigenvalue weighted by atomic mass is 35.5. The molecule has 7 nitrogen and oxygen atoms in total. The number of halogens is 2. The van der Waals surface area contributed by atoms with Gasteiger partial charge in [0.05, 0.1) is 25.5 Å². The summed E-state index contributed by atoms with van der Waals surface area (Å²) in [6.07, 6.45) is 1.06. The third kappa shape index (κ3) is 8.55. The summed E-state index contributed by atoms with van der Waals surface area (Å²) in [6, 6.07) is 10.8. The van der Waals surface area contributed by atoms with Gasteiger partial charge in [-0.15, -0.1) is 0 Å². The highest BCUT2D eigenvalue weighted by molar-refractivity contribution is 6.30. The zero-order chi connectivity index (χ0) is 27.3. The molecule has 0 fully saturated rings. The summed E-state index contributed by atoms with van der Waals surface area (Å²) in [4.78, 5) is 20.9. The van der Waals surface area contributed by atoms with Gasteiger partial charge in [0.15, 0.2) is 5.82 Å². The lowest BCUT2D eigenvalue weighted by molar-refractivity contribution is 0.0916. The monoisotopic (exact) mass is 518 g/mol. The van der Waals surface area contributed by atoms with E-state index < -0.39 is 11.9 Å². The standard InChI is InChI=1S/C23H24ClFN4O3.2C2H6/c1-13-8-16(22(32)28-20(12-31)15-4-3-5-17(24)9-15)6-7-18(13)21-19(25)10-26-23(29-21)27-14(2)11-30;2*1-2/h3-10,14,20,30-31H,11-12H2,1-2H3,(H,28,32)(H,26,27,29);2*1-2H3/t14-,20+;;/m0../s1. The van der Waals surface area contributed by atoms with Crippen molar-refractivity contribution in [3.63, 3.8) is 0 Å². The van der Waals surface area contributed by atoms with Crippen molar-refractivity contribution < 1.29 is 19.4 Å². The van der Waals surface area contributed by atoms with Crippen molar-refractivity contribution in [1.29, 1.82) is 0 Å². The molecule has 0 saturated heterocycles. The molecule has 1 aromatic heterocycles. The molecule has 2 atom stereocenters. The molecular formula is C27H36ClFN4O3. The van der Waals surface area contributed by atoms with Crippen LogP contribution in [0.4, 0.5) is 10.3 Å². The molecule has 1 amide bonds. The van der Waals surface area contributed by atoms with Crippen LogP contribution in [0.5, 0.6) is 0 Å². The molecule has 4 N–H and O–H groups in total. The number of nitrogens with one attached hydrogen (secondary N) is 2. The Bertz CT molecular complexity index is 1110. The molecule has 0 aliphatic rings. The van der Waals surface area contributed by atoms with Crippen molar-refractivity contribution in [3.8, 4) is 11.3 Å². The third-order valence-corrected chi connectivity index (χ3v) is 5.11. The van der Waals surface area contributed by atoms with Gasteiger partial charge < -0.3 is 20.8 Å². The third-order valence-electron chi connectivity index (χ3n) is 4.88. The van der Waals surface area contributed by atoms with Gasteiger partial charge in [-0.3, -0.25) is 4.79 Å². The predicted octanol–water partition coefficient (Wildman–Crippen LogP) is 5.55. The number of aryl methyl sites for hydroxylation is 1. The number of carbonyl (C=O) groups excluding carboxylic acids is 1. The van der Waals surface area contributed by atoms with Gasteiger partial charge in [-0.25, -0.2) is 14.4 Å². The number of rotatable bonds is 8. The molecule has 0 saturated carbocycles. The molecule has 196 valence electrons. The van der Waals surface area contributed by atoms with Gasteiger partial charge in [-0.2, -0.15) is 0 Å². The zero-order valence-electron chi connectivity index (χ0n) is 21.6. The van der Waals surface area contributed by atoms with Crippen LogP contribution in [0.2, 0.25) is 5.02 Å². The second kappa shape index (κ2) is 15.8. The van der Waals surface area contributed by atoms with Crippen LogP contribution < -0.4 is 10.6 Å². The lowest BCUT2D eigenvalue weighted by Gasteiger charge is -2.18. The van der Waals surface area contributed by atoms with E-state index in [1.54, 1.807) is 56.3 Å². The van der Waals surface area contributed by atoms with Gasteiger partial charge in [0.2, 0.25) is 5.95 Å². The summed E-state index contributed by atoms with van der Waals surface area (Å²) < 4.78 is 14.4. The molecule has 0 aliphatic carbocycles. The normalized spacial score (nSPS) is 11.7. The fourth-order valence-electron chi connectivity index (χ4n) is 3.16. The fraction of sp³-hybridized carbons (Fsp3) is 0.370. The summed E-state index contributed by atoms with van der Waals surface area (Å²) in [5, 5.41) is 25.1. The Balaban J connectivity index is 0.00000154. The van der Waals surface area contributed by atoms with Crippen LogP contribution in [0.25, 0.3) is 11.3 Å². The van der Waals surface area contributed by atoms with Gasteiger partial charge in [0, 0.05) is 22.2 Å². The number of carbonyl (C=O) groups is 1. The summed E-state index contributed by atoms with van der Waals surface area (Å²) in [7, 11) is 0. The summed E-state index contributed by atoms with van der Waals surface area (Å²) in [6.45, 7) is 11.1. The minimum atomic E-state index is -0.623. The first-order valence-corrected chi connectivity index (χ1v) is 12.4. The summed E-state index contributed by atoms with van der Waals surface area (Å²) >= 11 is 6.00. The molecular weight excluding hydrogens is 483 g/mol. The van der Waals surface area contributed by atoms with E-state index in [0.717, 1.165) is 6.20 Å². The van der Waals surface area contributed by atoms with Crippen LogP contribution in [-0.2, 0) is 0 Å². The van der Waals surface area contributed by atoms with Crippen molar-refractivity contribution in [1.82, 2.24) is 15.3 Å². The quantitative estimate of drug-likeness (QED) is 0.311. The van der Waals surface area contributed by atoms with Crippen LogP contribution in [0.3, 0.4) is 0 Å². The number of aliphatic hydroxyl groups excluding tert-OH is 2. The molecule has 0 bridgehead atoms. The summed E-state index contributed by atoms with van der Waals surface area (Å²) in [5.41, 5.74) is 2.27. The number of benzene rings is 2. The molecule has 0 spiro atoms. The molecule has 2 aromatic carbocycles. The van der Waals surface area contributed by atoms with E-state index in [2.05, 4.69) is 20.6 Å². The number of amides is 1. The minimum absolute atomic E-state index is 0.0873. The molecule has 9 heteroatoms. The average Bonchev–Trinajstić information content (AvgIpc) is 2.90. The van der Waals surface area contributed by atoms with Crippen LogP contribution in [0.15, 0.2) is 48.7 Å². The highest BCUT2D eigenvalue weighted by Gasteiger charge is 2.18. The Morgan fingerprint density at radius 2 is 1.78 bits per heavy atom.